The van der Waals surface area contributed by atoms with E-state index in [4.69, 9.17) is 0 Å². The van der Waals surface area contributed by atoms with Crippen molar-refractivity contribution in [3.8, 4) is 0 Å². The van der Waals surface area contributed by atoms with Gasteiger partial charge in [0.25, 0.3) is 0 Å². The second-order valence-corrected chi connectivity index (χ2v) is 7.65. The summed E-state index contributed by atoms with van der Waals surface area (Å²) in [5.41, 5.74) is 0. The topological polar surface area (TPSA) is 0 Å². The maximum Gasteiger partial charge on any atom is 0.0827 e. The van der Waals surface area contributed by atoms with E-state index in [1.54, 1.807) is 6.08 Å². The molecule has 0 aliphatic heterocycles. The first-order valence-electron chi connectivity index (χ1n) is 9.58. The Bertz CT molecular complexity index is 280. The van der Waals surface area contributed by atoms with Crippen molar-refractivity contribution in [2.45, 2.75) is 90.4 Å². The van der Waals surface area contributed by atoms with E-state index in [1.165, 1.54) is 77.0 Å². The summed E-state index contributed by atoms with van der Waals surface area (Å²) in [4.78, 5) is 0. The van der Waals surface area contributed by atoms with Crippen LogP contribution in [0.3, 0.4) is 0 Å². The first-order valence-corrected chi connectivity index (χ1v) is 9.58. The quantitative estimate of drug-likeness (QED) is 0.441. The van der Waals surface area contributed by atoms with Crippen molar-refractivity contribution in [1.29, 1.82) is 0 Å². The van der Waals surface area contributed by atoms with Crippen molar-refractivity contribution in [3.05, 3.63) is 12.4 Å². The van der Waals surface area contributed by atoms with E-state index in [2.05, 4.69) is 6.92 Å². The number of rotatable bonds is 7. The highest BCUT2D eigenvalue weighted by atomic mass is 19.1. The molecule has 2 aliphatic rings. The maximum atomic E-state index is 12.1. The fourth-order valence-corrected chi connectivity index (χ4v) is 4.77. The molecule has 0 N–H and O–H groups in total. The van der Waals surface area contributed by atoms with Gasteiger partial charge in [-0.05, 0) is 68.6 Å². The Morgan fingerprint density at radius 1 is 0.810 bits per heavy atom. The predicted octanol–water partition coefficient (Wildman–Crippen LogP) is 7.05. The van der Waals surface area contributed by atoms with Crippen LogP contribution in [-0.2, 0) is 0 Å². The van der Waals surface area contributed by atoms with E-state index in [9.17, 15) is 4.39 Å². The summed E-state index contributed by atoms with van der Waals surface area (Å²) >= 11 is 0. The molecule has 0 radical (unpaired) electrons. The van der Waals surface area contributed by atoms with Crippen molar-refractivity contribution in [1.82, 2.24) is 0 Å². The molecular weight excluding hydrogens is 259 g/mol. The zero-order valence-corrected chi connectivity index (χ0v) is 14.0. The Morgan fingerprint density at radius 2 is 1.38 bits per heavy atom. The van der Waals surface area contributed by atoms with Gasteiger partial charge < -0.3 is 0 Å². The van der Waals surface area contributed by atoms with Gasteiger partial charge in [-0.3, -0.25) is 0 Å². The van der Waals surface area contributed by atoms with Crippen LogP contribution in [0, 0.1) is 23.7 Å². The Balaban J connectivity index is 1.62. The monoisotopic (exact) mass is 294 g/mol. The fourth-order valence-electron chi connectivity index (χ4n) is 4.77. The molecule has 0 aromatic carbocycles. The van der Waals surface area contributed by atoms with Crippen LogP contribution in [0.1, 0.15) is 90.4 Å². The minimum Gasteiger partial charge on any atom is -0.216 e. The maximum absolute atomic E-state index is 12.1. The minimum absolute atomic E-state index is 0.728. The molecule has 0 nitrogen and oxygen atoms in total. The van der Waals surface area contributed by atoms with Crippen molar-refractivity contribution in [2.75, 3.05) is 0 Å². The van der Waals surface area contributed by atoms with Gasteiger partial charge >= 0.3 is 0 Å². The van der Waals surface area contributed by atoms with Gasteiger partial charge in [-0.25, -0.2) is 4.39 Å². The summed E-state index contributed by atoms with van der Waals surface area (Å²) in [6.45, 7) is 2.30. The lowest BCUT2D eigenvalue weighted by Gasteiger charge is -2.37. The SMILES string of the molecule is CCCCC[C@H]1CC[C@H]([C@H]2CC[C@H](C/C=C/F)CC2)CC1. The summed E-state index contributed by atoms with van der Waals surface area (Å²) < 4.78 is 12.1. The average molecular weight is 294 g/mol. The summed E-state index contributed by atoms with van der Waals surface area (Å²) in [7, 11) is 0. The van der Waals surface area contributed by atoms with Crippen LogP contribution in [0.15, 0.2) is 12.4 Å². The molecule has 0 unspecified atom stereocenters. The van der Waals surface area contributed by atoms with Gasteiger partial charge in [0.1, 0.15) is 0 Å². The zero-order chi connectivity index (χ0) is 14.9. The molecule has 0 aromatic rings. The second kappa shape index (κ2) is 9.64. The van der Waals surface area contributed by atoms with E-state index in [0.717, 1.165) is 36.4 Å². The van der Waals surface area contributed by atoms with Crippen LogP contribution in [0.2, 0.25) is 0 Å². The first kappa shape index (κ1) is 17.0. The lowest BCUT2D eigenvalue weighted by molar-refractivity contribution is 0.143. The largest absolute Gasteiger partial charge is 0.216 e. The molecular formula is C20H35F. The van der Waals surface area contributed by atoms with Crippen LogP contribution in [0.25, 0.3) is 0 Å². The molecule has 0 bridgehead atoms. The highest BCUT2D eigenvalue weighted by molar-refractivity contribution is 4.85. The van der Waals surface area contributed by atoms with Crippen LogP contribution in [0.5, 0.6) is 0 Å². The van der Waals surface area contributed by atoms with Gasteiger partial charge in [0.15, 0.2) is 0 Å². The number of halogens is 1. The normalized spacial score (nSPS) is 34.4. The molecule has 0 spiro atoms. The Hall–Kier alpha value is -0.330. The molecule has 2 rings (SSSR count). The molecule has 0 atom stereocenters. The standard InChI is InChI=1S/C20H35F/c1-2-3-4-6-17-8-12-19(13-9-17)20-14-10-18(11-15-20)7-5-16-21/h5,16-20H,2-4,6-15H2,1H3/b16-5+/t17-,18-,19-,20-. The van der Waals surface area contributed by atoms with Crippen molar-refractivity contribution in [2.24, 2.45) is 23.7 Å². The summed E-state index contributed by atoms with van der Waals surface area (Å²) in [5.74, 6) is 3.81. The lowest BCUT2D eigenvalue weighted by Crippen LogP contribution is -2.25. The van der Waals surface area contributed by atoms with Crippen LogP contribution < -0.4 is 0 Å². The van der Waals surface area contributed by atoms with E-state index < -0.39 is 0 Å². The molecule has 1 heteroatoms. The Kier molecular flexibility index (Phi) is 7.82. The third kappa shape index (κ3) is 5.75. The molecule has 2 aliphatic carbocycles. The predicted molar refractivity (Wildman–Crippen MR) is 89.9 cm³/mol. The Morgan fingerprint density at radius 3 is 1.90 bits per heavy atom. The van der Waals surface area contributed by atoms with Gasteiger partial charge in [-0.15, -0.1) is 0 Å². The Labute approximate surface area is 131 Å². The van der Waals surface area contributed by atoms with E-state index in [0.29, 0.717) is 0 Å². The lowest BCUT2D eigenvalue weighted by atomic mass is 9.68. The minimum atomic E-state index is 0.728. The third-order valence-electron chi connectivity index (χ3n) is 6.22. The van der Waals surface area contributed by atoms with Gasteiger partial charge in [0.2, 0.25) is 0 Å². The highest BCUT2D eigenvalue weighted by Gasteiger charge is 2.30. The number of unbranched alkanes of at least 4 members (excludes halogenated alkanes) is 2. The molecule has 2 fully saturated rings. The van der Waals surface area contributed by atoms with Gasteiger partial charge in [-0.2, -0.15) is 0 Å². The smallest absolute Gasteiger partial charge is 0.0827 e. The van der Waals surface area contributed by atoms with E-state index >= 15 is 0 Å². The van der Waals surface area contributed by atoms with Crippen molar-refractivity contribution < 1.29 is 4.39 Å². The number of hydrogen-bond donors (Lipinski definition) is 0. The molecule has 0 heterocycles. The highest BCUT2D eigenvalue weighted by Crippen LogP contribution is 2.42. The van der Waals surface area contributed by atoms with Crippen LogP contribution >= 0.6 is 0 Å². The van der Waals surface area contributed by atoms with E-state index in [-0.39, 0.29) is 0 Å². The summed E-state index contributed by atoms with van der Waals surface area (Å²) in [5, 5.41) is 0. The van der Waals surface area contributed by atoms with Crippen LogP contribution in [-0.4, -0.2) is 0 Å². The van der Waals surface area contributed by atoms with Crippen molar-refractivity contribution >= 4 is 0 Å². The summed E-state index contributed by atoms with van der Waals surface area (Å²) in [6, 6.07) is 0. The van der Waals surface area contributed by atoms with Crippen LogP contribution in [0.4, 0.5) is 4.39 Å². The molecule has 21 heavy (non-hydrogen) atoms. The van der Waals surface area contributed by atoms with Gasteiger partial charge in [-0.1, -0.05) is 51.5 Å². The molecule has 0 amide bonds. The molecule has 0 saturated heterocycles. The first-order chi connectivity index (χ1) is 10.3. The van der Waals surface area contributed by atoms with Gasteiger partial charge in [0.05, 0.1) is 6.33 Å². The number of allylic oxidation sites excluding steroid dienone is 1. The average Bonchev–Trinajstić information content (AvgIpc) is 2.54. The zero-order valence-electron chi connectivity index (χ0n) is 14.0. The van der Waals surface area contributed by atoms with E-state index in [1.807, 2.05) is 0 Å². The van der Waals surface area contributed by atoms with Crippen molar-refractivity contribution in [3.63, 3.8) is 0 Å². The van der Waals surface area contributed by atoms with Gasteiger partial charge in [0, 0.05) is 0 Å². The third-order valence-corrected chi connectivity index (χ3v) is 6.22. The molecule has 0 aromatic heterocycles. The summed E-state index contributed by atoms with van der Waals surface area (Å²) in [6.07, 6.45) is 20.6. The molecule has 2 saturated carbocycles. The molecule has 122 valence electrons. The number of hydrogen-bond acceptors (Lipinski definition) is 0. The second-order valence-electron chi connectivity index (χ2n) is 7.65. The fraction of sp³-hybridized carbons (Fsp3) is 0.900.